The zero-order valence-electron chi connectivity index (χ0n) is 12.7. The molecule has 0 saturated carbocycles. The summed E-state index contributed by atoms with van der Waals surface area (Å²) in [5.74, 6) is 0.144. The number of halogens is 1. The highest BCUT2D eigenvalue weighted by atomic mass is 32.2. The van der Waals surface area contributed by atoms with Crippen LogP contribution >= 0.6 is 11.8 Å². The zero-order valence-corrected chi connectivity index (χ0v) is 13.5. The Morgan fingerprint density at radius 2 is 1.88 bits per heavy atom. The number of rotatable bonds is 7. The van der Waals surface area contributed by atoms with Crippen LogP contribution in [0.2, 0.25) is 0 Å². The molecule has 0 amide bonds. The van der Waals surface area contributed by atoms with Crippen molar-refractivity contribution < 1.29 is 9.50 Å². The number of thioether (sulfide) groups is 1. The first-order valence-electron chi connectivity index (χ1n) is 7.36. The van der Waals surface area contributed by atoms with Crippen LogP contribution in [0, 0.1) is 5.82 Å². The number of aromatic nitrogens is 4. The van der Waals surface area contributed by atoms with Crippen LogP contribution in [0.4, 0.5) is 10.1 Å². The van der Waals surface area contributed by atoms with E-state index in [1.807, 2.05) is 30.3 Å². The Balaban J connectivity index is 1.53. The molecule has 1 unspecified atom stereocenters. The lowest BCUT2D eigenvalue weighted by Crippen LogP contribution is -2.22. The fourth-order valence-corrected chi connectivity index (χ4v) is 2.85. The van der Waals surface area contributed by atoms with Crippen molar-refractivity contribution in [1.82, 2.24) is 20.2 Å². The molecule has 2 N–H and O–H groups in total. The van der Waals surface area contributed by atoms with Gasteiger partial charge in [0.15, 0.2) is 0 Å². The fourth-order valence-electron chi connectivity index (χ4n) is 2.03. The minimum Gasteiger partial charge on any atom is -0.390 e. The summed E-state index contributed by atoms with van der Waals surface area (Å²) in [7, 11) is 0. The molecule has 124 valence electrons. The first kappa shape index (κ1) is 16.4. The average molecular weight is 345 g/mol. The second kappa shape index (κ2) is 7.89. The van der Waals surface area contributed by atoms with Gasteiger partial charge in [-0.05, 0) is 46.8 Å². The molecule has 3 aromatic rings. The van der Waals surface area contributed by atoms with E-state index in [-0.39, 0.29) is 5.82 Å². The van der Waals surface area contributed by atoms with Gasteiger partial charge in [-0.1, -0.05) is 30.0 Å². The minimum atomic E-state index is -0.596. The number of aliphatic hydroxyl groups is 1. The highest BCUT2D eigenvalue weighted by Gasteiger charge is 2.12. The smallest absolute Gasteiger partial charge is 0.214 e. The van der Waals surface area contributed by atoms with Crippen LogP contribution in [0.1, 0.15) is 0 Å². The van der Waals surface area contributed by atoms with Gasteiger partial charge < -0.3 is 10.4 Å². The third-order valence-electron chi connectivity index (χ3n) is 3.23. The Kier molecular flexibility index (Phi) is 5.39. The Morgan fingerprint density at radius 3 is 2.62 bits per heavy atom. The lowest BCUT2D eigenvalue weighted by Gasteiger charge is -2.12. The van der Waals surface area contributed by atoms with Crippen molar-refractivity contribution in [3.63, 3.8) is 0 Å². The van der Waals surface area contributed by atoms with E-state index in [4.69, 9.17) is 0 Å². The molecule has 24 heavy (non-hydrogen) atoms. The molecule has 1 heterocycles. The summed E-state index contributed by atoms with van der Waals surface area (Å²) in [6.07, 6.45) is -0.596. The fraction of sp³-hybridized carbons (Fsp3) is 0.188. The maximum atomic E-state index is 12.8. The van der Waals surface area contributed by atoms with Crippen molar-refractivity contribution in [2.75, 3.05) is 17.6 Å². The molecule has 0 aliphatic carbocycles. The Hall–Kier alpha value is -2.45. The largest absolute Gasteiger partial charge is 0.390 e. The molecule has 0 aliphatic rings. The van der Waals surface area contributed by atoms with Gasteiger partial charge in [-0.3, -0.25) is 0 Å². The van der Waals surface area contributed by atoms with E-state index in [1.165, 1.54) is 23.9 Å². The Morgan fingerprint density at radius 1 is 1.12 bits per heavy atom. The molecule has 0 aliphatic heterocycles. The van der Waals surface area contributed by atoms with Gasteiger partial charge in [0, 0.05) is 18.0 Å². The topological polar surface area (TPSA) is 75.9 Å². The predicted molar refractivity (Wildman–Crippen MR) is 90.8 cm³/mol. The molecule has 8 heteroatoms. The summed E-state index contributed by atoms with van der Waals surface area (Å²) in [5.41, 5.74) is 1.62. The molecular formula is C16H16FN5OS. The van der Waals surface area contributed by atoms with Gasteiger partial charge in [0.2, 0.25) is 5.16 Å². The van der Waals surface area contributed by atoms with Crippen LogP contribution in [0.5, 0.6) is 0 Å². The van der Waals surface area contributed by atoms with Crippen LogP contribution < -0.4 is 5.32 Å². The number of para-hydroxylation sites is 1. The summed E-state index contributed by atoms with van der Waals surface area (Å²) >= 11 is 1.37. The maximum Gasteiger partial charge on any atom is 0.214 e. The molecule has 0 saturated heterocycles. The molecule has 0 radical (unpaired) electrons. The molecule has 0 spiro atoms. The lowest BCUT2D eigenvalue weighted by atomic mass is 10.3. The zero-order chi connectivity index (χ0) is 16.8. The molecule has 1 atom stereocenters. The third kappa shape index (κ3) is 4.30. The molecular weight excluding hydrogens is 329 g/mol. The molecule has 2 aromatic carbocycles. The predicted octanol–water partition coefficient (Wildman–Crippen LogP) is 2.37. The van der Waals surface area contributed by atoms with Gasteiger partial charge in [-0.2, -0.15) is 4.68 Å². The van der Waals surface area contributed by atoms with Crippen molar-refractivity contribution in [3.8, 4) is 5.69 Å². The average Bonchev–Trinajstić information content (AvgIpc) is 3.09. The maximum absolute atomic E-state index is 12.8. The second-order valence-electron chi connectivity index (χ2n) is 5.06. The standard InChI is InChI=1S/C16H16FN5OS/c17-12-6-8-13(9-7-12)18-10-15(23)11-24-16-19-20-21-22(16)14-4-2-1-3-5-14/h1-9,15,18,23H,10-11H2. The van der Waals surface area contributed by atoms with Gasteiger partial charge in [-0.25, -0.2) is 4.39 Å². The first-order valence-corrected chi connectivity index (χ1v) is 8.35. The number of benzene rings is 2. The summed E-state index contributed by atoms with van der Waals surface area (Å²) < 4.78 is 14.5. The van der Waals surface area contributed by atoms with Gasteiger partial charge in [-0.15, -0.1) is 5.10 Å². The number of hydrogen-bond donors (Lipinski definition) is 2. The van der Waals surface area contributed by atoms with Gasteiger partial charge in [0.25, 0.3) is 0 Å². The summed E-state index contributed by atoms with van der Waals surface area (Å²) in [6.45, 7) is 0.353. The Bertz CT molecular complexity index is 766. The quantitative estimate of drug-likeness (QED) is 0.640. The molecule has 3 rings (SSSR count). The Labute approximate surface area is 142 Å². The van der Waals surface area contributed by atoms with Crippen LogP contribution in [0.25, 0.3) is 5.69 Å². The molecule has 0 fully saturated rings. The van der Waals surface area contributed by atoms with E-state index in [0.717, 1.165) is 11.4 Å². The summed E-state index contributed by atoms with van der Waals surface area (Å²) in [6, 6.07) is 15.6. The van der Waals surface area contributed by atoms with Crippen LogP contribution in [0.3, 0.4) is 0 Å². The van der Waals surface area contributed by atoms with Gasteiger partial charge >= 0.3 is 0 Å². The number of nitrogens with one attached hydrogen (secondary N) is 1. The van der Waals surface area contributed by atoms with E-state index < -0.39 is 6.10 Å². The third-order valence-corrected chi connectivity index (χ3v) is 4.30. The monoisotopic (exact) mass is 345 g/mol. The molecule has 6 nitrogen and oxygen atoms in total. The highest BCUT2D eigenvalue weighted by Crippen LogP contribution is 2.19. The summed E-state index contributed by atoms with van der Waals surface area (Å²) in [5, 5.41) is 25.4. The number of hydrogen-bond acceptors (Lipinski definition) is 6. The second-order valence-corrected chi connectivity index (χ2v) is 6.05. The first-order chi connectivity index (χ1) is 11.7. The van der Waals surface area contributed by atoms with Crippen molar-refractivity contribution in [2.45, 2.75) is 11.3 Å². The van der Waals surface area contributed by atoms with E-state index in [9.17, 15) is 9.50 Å². The highest BCUT2D eigenvalue weighted by molar-refractivity contribution is 7.99. The normalized spacial score (nSPS) is 12.1. The minimum absolute atomic E-state index is 0.288. The SMILES string of the molecule is OC(CNc1ccc(F)cc1)CSc1nnnn1-c1ccccc1. The van der Waals surface area contributed by atoms with Crippen molar-refractivity contribution in [3.05, 3.63) is 60.4 Å². The molecule has 0 bridgehead atoms. The van der Waals surface area contributed by atoms with E-state index in [2.05, 4.69) is 20.8 Å². The van der Waals surface area contributed by atoms with Crippen molar-refractivity contribution >= 4 is 17.4 Å². The number of nitrogens with zero attached hydrogens (tertiary/aromatic N) is 4. The van der Waals surface area contributed by atoms with E-state index >= 15 is 0 Å². The van der Waals surface area contributed by atoms with Crippen LogP contribution in [0.15, 0.2) is 59.8 Å². The van der Waals surface area contributed by atoms with Crippen LogP contribution in [-0.4, -0.2) is 43.7 Å². The number of tetrazole rings is 1. The summed E-state index contributed by atoms with van der Waals surface area (Å²) in [4.78, 5) is 0. The van der Waals surface area contributed by atoms with E-state index in [1.54, 1.807) is 16.8 Å². The van der Waals surface area contributed by atoms with E-state index in [0.29, 0.717) is 17.5 Å². The van der Waals surface area contributed by atoms with Crippen molar-refractivity contribution in [2.24, 2.45) is 0 Å². The van der Waals surface area contributed by atoms with Crippen LogP contribution in [-0.2, 0) is 0 Å². The van der Waals surface area contributed by atoms with Gasteiger partial charge in [0.05, 0.1) is 11.8 Å². The van der Waals surface area contributed by atoms with Crippen molar-refractivity contribution in [1.29, 1.82) is 0 Å². The molecule has 1 aromatic heterocycles. The van der Waals surface area contributed by atoms with Gasteiger partial charge in [0.1, 0.15) is 5.82 Å². The number of aliphatic hydroxyl groups excluding tert-OH is 1. The lowest BCUT2D eigenvalue weighted by molar-refractivity contribution is 0.213. The number of anilines is 1.